The Kier molecular flexibility index (Phi) is 5.10. The third kappa shape index (κ3) is 4.38. The number of hydrogen-bond donors (Lipinski definition) is 4. The van der Waals surface area contributed by atoms with Crippen LogP contribution in [0.5, 0.6) is 0 Å². The van der Waals surface area contributed by atoms with E-state index in [0.29, 0.717) is 29.2 Å². The number of nitrogens with two attached hydrogens (primary N) is 2. The molecule has 2 aromatic rings. The minimum absolute atomic E-state index is 0.0892. The summed E-state index contributed by atoms with van der Waals surface area (Å²) >= 11 is 0. The van der Waals surface area contributed by atoms with E-state index >= 15 is 0 Å². The maximum Gasteiger partial charge on any atom is 0.202 e. The van der Waals surface area contributed by atoms with Crippen LogP contribution in [0, 0.1) is 5.21 Å². The van der Waals surface area contributed by atoms with Crippen molar-refractivity contribution in [3.8, 4) is 0 Å². The summed E-state index contributed by atoms with van der Waals surface area (Å²) in [4.78, 5) is 26.6. The van der Waals surface area contributed by atoms with E-state index in [9.17, 15) is 14.8 Å². The first kappa shape index (κ1) is 20.8. The molecule has 1 aromatic carbocycles. The fourth-order valence-corrected chi connectivity index (χ4v) is 3.14. The van der Waals surface area contributed by atoms with Crippen molar-refractivity contribution in [2.75, 3.05) is 23.7 Å². The molecule has 0 radical (unpaired) electrons. The van der Waals surface area contributed by atoms with Crippen molar-refractivity contribution in [1.29, 1.82) is 0 Å². The van der Waals surface area contributed by atoms with E-state index < -0.39 is 11.1 Å². The van der Waals surface area contributed by atoms with Crippen LogP contribution in [0.1, 0.15) is 59.5 Å². The molecular formula is C21H27N5O3. The highest BCUT2D eigenvalue weighted by atomic mass is 16.5. The number of ketones is 2. The molecule has 0 bridgehead atoms. The second-order valence-electron chi connectivity index (χ2n) is 8.89. The number of benzene rings is 1. The Balaban J connectivity index is 2.14. The molecule has 3 rings (SSSR count). The van der Waals surface area contributed by atoms with Gasteiger partial charge in [0.15, 0.2) is 18.2 Å². The zero-order chi connectivity index (χ0) is 21.6. The normalized spacial score (nSPS) is 13.7. The summed E-state index contributed by atoms with van der Waals surface area (Å²) in [6, 6.07) is 4.87. The lowest BCUT2D eigenvalue weighted by Gasteiger charge is -2.27. The molecule has 0 unspecified atom stereocenters. The van der Waals surface area contributed by atoms with E-state index in [1.165, 1.54) is 12.3 Å². The number of nitrogens with one attached hydrogen (secondary N) is 2. The Hall–Kier alpha value is -2.97. The SMILES string of the molecule is CC(C)(N)CNc1ccc(NCC(C)(C)N)c2c1C(=O)c1cc[n+]([O-])cc1C2=O. The Morgan fingerprint density at radius 1 is 0.862 bits per heavy atom. The van der Waals surface area contributed by atoms with Crippen molar-refractivity contribution in [1.82, 2.24) is 0 Å². The molecule has 1 aliphatic rings. The number of anilines is 2. The summed E-state index contributed by atoms with van der Waals surface area (Å²) in [5.41, 5.74) is 12.9. The summed E-state index contributed by atoms with van der Waals surface area (Å²) in [5, 5.41) is 18.1. The third-order valence-corrected chi connectivity index (χ3v) is 4.55. The van der Waals surface area contributed by atoms with Crippen molar-refractivity contribution in [3.63, 3.8) is 0 Å². The minimum atomic E-state index is -0.523. The maximum absolute atomic E-state index is 13.3. The van der Waals surface area contributed by atoms with Crippen molar-refractivity contribution < 1.29 is 14.3 Å². The fraction of sp³-hybridized carbons (Fsp3) is 0.381. The number of hydrogen-bond acceptors (Lipinski definition) is 7. The van der Waals surface area contributed by atoms with Gasteiger partial charge >= 0.3 is 0 Å². The molecule has 1 heterocycles. The third-order valence-electron chi connectivity index (χ3n) is 4.55. The molecule has 1 aromatic heterocycles. The topological polar surface area (TPSA) is 137 Å². The average molecular weight is 397 g/mol. The number of pyridine rings is 1. The molecule has 0 aliphatic heterocycles. The first-order valence-electron chi connectivity index (χ1n) is 9.42. The monoisotopic (exact) mass is 397 g/mol. The first-order valence-corrected chi connectivity index (χ1v) is 9.42. The molecular weight excluding hydrogens is 370 g/mol. The van der Waals surface area contributed by atoms with Gasteiger partial charge < -0.3 is 27.3 Å². The second kappa shape index (κ2) is 7.13. The van der Waals surface area contributed by atoms with Gasteiger partial charge in [0.05, 0.1) is 16.7 Å². The molecule has 0 amide bonds. The van der Waals surface area contributed by atoms with Gasteiger partial charge in [0.2, 0.25) is 5.78 Å². The van der Waals surface area contributed by atoms with E-state index in [4.69, 9.17) is 11.5 Å². The molecule has 0 saturated heterocycles. The molecule has 0 saturated carbocycles. The minimum Gasteiger partial charge on any atom is -0.619 e. The van der Waals surface area contributed by atoms with E-state index in [-0.39, 0.29) is 33.8 Å². The van der Waals surface area contributed by atoms with E-state index in [1.807, 2.05) is 27.7 Å². The van der Waals surface area contributed by atoms with Gasteiger partial charge in [-0.05, 0) is 39.8 Å². The van der Waals surface area contributed by atoms with Gasteiger partial charge in [-0.1, -0.05) is 0 Å². The zero-order valence-corrected chi connectivity index (χ0v) is 17.1. The summed E-state index contributed by atoms with van der Waals surface area (Å²) in [6.45, 7) is 8.24. The van der Waals surface area contributed by atoms with Crippen LogP contribution in [0.2, 0.25) is 0 Å². The summed E-state index contributed by atoms with van der Waals surface area (Å²) in [7, 11) is 0. The fourth-order valence-electron chi connectivity index (χ4n) is 3.14. The molecule has 29 heavy (non-hydrogen) atoms. The van der Waals surface area contributed by atoms with Crippen LogP contribution in [0.25, 0.3) is 0 Å². The maximum atomic E-state index is 13.3. The van der Waals surface area contributed by atoms with Crippen LogP contribution >= 0.6 is 0 Å². The smallest absolute Gasteiger partial charge is 0.202 e. The standard InChI is InChI=1S/C21H27N5O3/c1-20(2,22)10-24-14-5-6-15(25-11-21(3,4)23)17-16(14)18(27)12-7-8-26(29)9-13(12)19(17)28/h5-9,24-25H,10-11,22-23H2,1-4H3. The zero-order valence-electron chi connectivity index (χ0n) is 17.1. The lowest BCUT2D eigenvalue weighted by molar-refractivity contribution is -0.605. The summed E-state index contributed by atoms with van der Waals surface area (Å²) in [6.07, 6.45) is 2.35. The molecule has 154 valence electrons. The lowest BCUT2D eigenvalue weighted by atomic mass is 9.83. The van der Waals surface area contributed by atoms with Gasteiger partial charge in [-0.25, -0.2) is 0 Å². The van der Waals surface area contributed by atoms with Gasteiger partial charge in [-0.2, -0.15) is 4.73 Å². The van der Waals surface area contributed by atoms with Gasteiger partial charge in [0.1, 0.15) is 0 Å². The van der Waals surface area contributed by atoms with Crippen molar-refractivity contribution in [3.05, 3.63) is 58.1 Å². The molecule has 0 fully saturated rings. The average Bonchev–Trinajstić information content (AvgIpc) is 2.61. The van der Waals surface area contributed by atoms with Crippen molar-refractivity contribution >= 4 is 22.9 Å². The highest BCUT2D eigenvalue weighted by molar-refractivity contribution is 6.31. The number of fused-ring (bicyclic) bond motifs is 2. The first-order chi connectivity index (χ1) is 13.4. The van der Waals surface area contributed by atoms with Crippen LogP contribution in [0.3, 0.4) is 0 Å². The molecule has 0 spiro atoms. The number of nitrogens with zero attached hydrogens (tertiary/aromatic N) is 1. The van der Waals surface area contributed by atoms with Gasteiger partial charge in [-0.15, -0.1) is 0 Å². The number of carbonyl (C=O) groups is 2. The van der Waals surface area contributed by atoms with Crippen molar-refractivity contribution in [2.45, 2.75) is 38.8 Å². The van der Waals surface area contributed by atoms with Crippen LogP contribution < -0.4 is 26.8 Å². The van der Waals surface area contributed by atoms with Crippen LogP contribution in [-0.4, -0.2) is 35.7 Å². The Bertz CT molecular complexity index is 987. The molecule has 6 N–H and O–H groups in total. The highest BCUT2D eigenvalue weighted by Crippen LogP contribution is 2.36. The Morgan fingerprint density at radius 3 is 1.76 bits per heavy atom. The summed E-state index contributed by atoms with van der Waals surface area (Å²) < 4.78 is 0.518. The van der Waals surface area contributed by atoms with E-state index in [2.05, 4.69) is 10.6 Å². The molecule has 0 atom stereocenters. The predicted molar refractivity (Wildman–Crippen MR) is 112 cm³/mol. The molecule has 8 nitrogen and oxygen atoms in total. The van der Waals surface area contributed by atoms with Crippen molar-refractivity contribution in [2.24, 2.45) is 11.5 Å². The highest BCUT2D eigenvalue weighted by Gasteiger charge is 2.36. The molecule has 1 aliphatic carbocycles. The van der Waals surface area contributed by atoms with E-state index in [1.54, 1.807) is 12.1 Å². The predicted octanol–water partition coefficient (Wildman–Crippen LogP) is 1.39. The largest absolute Gasteiger partial charge is 0.619 e. The second-order valence-corrected chi connectivity index (χ2v) is 8.89. The van der Waals surface area contributed by atoms with Gasteiger partial charge in [0, 0.05) is 47.2 Å². The van der Waals surface area contributed by atoms with Crippen LogP contribution in [0.4, 0.5) is 11.4 Å². The molecule has 8 heteroatoms. The number of carbonyl (C=O) groups excluding carboxylic acids is 2. The quantitative estimate of drug-likeness (QED) is 0.364. The lowest BCUT2D eigenvalue weighted by Crippen LogP contribution is -2.41. The summed E-state index contributed by atoms with van der Waals surface area (Å²) in [5.74, 6) is -0.698. The number of rotatable bonds is 6. The van der Waals surface area contributed by atoms with E-state index in [0.717, 1.165) is 6.20 Å². The van der Waals surface area contributed by atoms with Crippen LogP contribution in [0.15, 0.2) is 30.6 Å². The number of aromatic nitrogens is 1. The van der Waals surface area contributed by atoms with Gasteiger partial charge in [0.25, 0.3) is 0 Å². The van der Waals surface area contributed by atoms with Gasteiger partial charge in [-0.3, -0.25) is 9.59 Å². The Labute approximate surface area is 169 Å². The van der Waals surface area contributed by atoms with Crippen LogP contribution in [-0.2, 0) is 0 Å². The Morgan fingerprint density at radius 2 is 1.31 bits per heavy atom.